The number of nitrogens with zero attached hydrogens (tertiary/aromatic N) is 4. The summed E-state index contributed by atoms with van der Waals surface area (Å²) in [5.74, 6) is 1.48. The van der Waals surface area contributed by atoms with E-state index in [0.29, 0.717) is 28.9 Å². The van der Waals surface area contributed by atoms with Crippen molar-refractivity contribution in [2.75, 3.05) is 29.0 Å². The van der Waals surface area contributed by atoms with Gasteiger partial charge >= 0.3 is 5.76 Å². The van der Waals surface area contributed by atoms with Gasteiger partial charge < -0.3 is 20.4 Å². The molecule has 39 heavy (non-hydrogen) atoms. The molecule has 0 unspecified atom stereocenters. The van der Waals surface area contributed by atoms with E-state index in [1.807, 2.05) is 25.1 Å². The van der Waals surface area contributed by atoms with Crippen LogP contribution in [-0.2, 0) is 6.54 Å². The molecule has 0 amide bonds. The molecule has 1 fully saturated rings. The number of H-pyrrole nitrogens is 1. The largest absolute Gasteiger partial charge is 0.417 e. The number of anilines is 5. The minimum Gasteiger partial charge on any atom is -0.408 e. The number of pyridine rings is 1. The normalized spacial score (nSPS) is 15.8. The number of rotatable bonds is 8. The monoisotopic (exact) mass is 522 g/mol. The highest BCUT2D eigenvalue weighted by Gasteiger charge is 2.20. The number of benzene rings is 2. The van der Waals surface area contributed by atoms with Crippen LogP contribution in [-0.4, -0.2) is 44.0 Å². The molecule has 0 bridgehead atoms. The Kier molecular flexibility index (Phi) is 6.92. The Morgan fingerprint density at radius 2 is 1.90 bits per heavy atom. The van der Waals surface area contributed by atoms with Gasteiger partial charge in [0.2, 0.25) is 5.95 Å². The third kappa shape index (κ3) is 6.07. The van der Waals surface area contributed by atoms with Gasteiger partial charge in [0, 0.05) is 36.6 Å². The fourth-order valence-electron chi connectivity index (χ4n) is 4.85. The molecule has 4 N–H and O–H groups in total. The number of nitrogens with one attached hydrogen (secondary N) is 4. The summed E-state index contributed by atoms with van der Waals surface area (Å²) in [5, 5.41) is 10.1. The summed E-state index contributed by atoms with van der Waals surface area (Å²) in [6.07, 6.45) is 5.83. The minimum atomic E-state index is -0.481. The molecule has 0 radical (unpaired) electrons. The van der Waals surface area contributed by atoms with E-state index in [0.717, 1.165) is 48.8 Å². The smallest absolute Gasteiger partial charge is 0.408 e. The van der Waals surface area contributed by atoms with Gasteiger partial charge in [-0.1, -0.05) is 30.3 Å². The highest BCUT2D eigenvalue weighted by molar-refractivity contribution is 5.78. The van der Waals surface area contributed by atoms with E-state index < -0.39 is 5.76 Å². The van der Waals surface area contributed by atoms with Crippen LogP contribution in [0.2, 0.25) is 0 Å². The lowest BCUT2D eigenvalue weighted by Crippen LogP contribution is -2.41. The van der Waals surface area contributed by atoms with Gasteiger partial charge in [-0.25, -0.2) is 14.8 Å². The molecule has 0 aliphatic carbocycles. The summed E-state index contributed by atoms with van der Waals surface area (Å²) in [4.78, 5) is 30.3. The zero-order chi connectivity index (χ0) is 26.6. The maximum absolute atomic E-state index is 11.4. The van der Waals surface area contributed by atoms with Crippen LogP contribution in [0.15, 0.2) is 82.3 Å². The quantitative estimate of drug-likeness (QED) is 0.218. The van der Waals surface area contributed by atoms with E-state index in [9.17, 15) is 4.79 Å². The zero-order valence-electron chi connectivity index (χ0n) is 21.6. The number of fused-ring (bicyclic) bond motifs is 1. The molecule has 0 saturated carbocycles. The van der Waals surface area contributed by atoms with Crippen molar-refractivity contribution in [3.8, 4) is 0 Å². The summed E-state index contributed by atoms with van der Waals surface area (Å²) in [6, 6.07) is 20.3. The van der Waals surface area contributed by atoms with Crippen molar-refractivity contribution in [3.63, 3.8) is 0 Å². The van der Waals surface area contributed by atoms with Crippen LogP contribution in [0, 0.1) is 6.92 Å². The van der Waals surface area contributed by atoms with Crippen LogP contribution in [0.4, 0.5) is 29.0 Å². The molecule has 10 nitrogen and oxygen atoms in total. The van der Waals surface area contributed by atoms with Gasteiger partial charge in [0.1, 0.15) is 11.6 Å². The Bertz CT molecular complexity index is 1610. The number of piperidine rings is 1. The van der Waals surface area contributed by atoms with Gasteiger partial charge in [-0.15, -0.1) is 0 Å². The maximum Gasteiger partial charge on any atom is 0.417 e. The van der Waals surface area contributed by atoms with E-state index in [1.165, 1.54) is 12.0 Å². The number of aromatic amines is 1. The fourth-order valence-corrected chi connectivity index (χ4v) is 4.85. The number of likely N-dealkylation sites (tertiary alicyclic amines) is 1. The van der Waals surface area contributed by atoms with Crippen molar-refractivity contribution >= 4 is 40.1 Å². The minimum absolute atomic E-state index is 0.363. The molecule has 10 heteroatoms. The maximum atomic E-state index is 11.4. The standard InChI is InChI=1S/C29H30N8O2/c1-19-15-31-28(36-27(19)33-21-9-11-25-24(14-21)35-29(38)39-25)34-22-10-12-26(30-16-22)32-23-8-5-13-37(18-23)17-20-6-3-2-4-7-20/h2-4,6-7,9-12,14-16,23H,5,8,13,17-18H2,1H3,(H,30,32)(H,35,38)(H2,31,33,34,36)/t23-/m0/s1. The van der Waals surface area contributed by atoms with Crippen molar-refractivity contribution in [1.29, 1.82) is 0 Å². The van der Waals surface area contributed by atoms with Crippen LogP contribution in [0.25, 0.3) is 11.1 Å². The lowest BCUT2D eigenvalue weighted by atomic mass is 10.0. The lowest BCUT2D eigenvalue weighted by Gasteiger charge is -2.33. The summed E-state index contributed by atoms with van der Waals surface area (Å²) in [6.45, 7) is 5.01. The van der Waals surface area contributed by atoms with Crippen molar-refractivity contribution in [1.82, 2.24) is 24.8 Å². The van der Waals surface area contributed by atoms with Gasteiger partial charge in [0.05, 0.1) is 17.4 Å². The summed E-state index contributed by atoms with van der Waals surface area (Å²) in [5.41, 5.74) is 4.92. The Labute approximate surface area is 225 Å². The molecule has 1 atom stereocenters. The highest BCUT2D eigenvalue weighted by Crippen LogP contribution is 2.24. The third-order valence-corrected chi connectivity index (χ3v) is 6.78. The molecule has 3 aromatic heterocycles. The van der Waals surface area contributed by atoms with Crippen LogP contribution < -0.4 is 21.7 Å². The van der Waals surface area contributed by atoms with Crippen LogP contribution >= 0.6 is 0 Å². The van der Waals surface area contributed by atoms with Gasteiger partial charge in [0.15, 0.2) is 5.58 Å². The molecule has 1 saturated heterocycles. The van der Waals surface area contributed by atoms with Crippen molar-refractivity contribution in [2.24, 2.45) is 0 Å². The molecule has 1 aliphatic heterocycles. The van der Waals surface area contributed by atoms with Crippen molar-refractivity contribution < 1.29 is 4.42 Å². The molecule has 2 aromatic carbocycles. The first-order chi connectivity index (χ1) is 19.1. The first-order valence-electron chi connectivity index (χ1n) is 13.1. The molecular formula is C29H30N8O2. The molecular weight excluding hydrogens is 492 g/mol. The predicted octanol–water partition coefficient (Wildman–Crippen LogP) is 5.18. The van der Waals surface area contributed by atoms with E-state index in [4.69, 9.17) is 4.42 Å². The van der Waals surface area contributed by atoms with Gasteiger partial charge in [0.25, 0.3) is 0 Å². The summed E-state index contributed by atoms with van der Waals surface area (Å²) in [7, 11) is 0. The molecule has 4 heterocycles. The Morgan fingerprint density at radius 3 is 2.74 bits per heavy atom. The van der Waals surface area contributed by atoms with Crippen LogP contribution in [0.5, 0.6) is 0 Å². The summed E-state index contributed by atoms with van der Waals surface area (Å²) < 4.78 is 5.07. The van der Waals surface area contributed by atoms with Crippen molar-refractivity contribution in [3.05, 3.63) is 94.7 Å². The van der Waals surface area contributed by atoms with E-state index in [2.05, 4.69) is 71.1 Å². The number of hydrogen-bond acceptors (Lipinski definition) is 9. The van der Waals surface area contributed by atoms with E-state index >= 15 is 0 Å². The Morgan fingerprint density at radius 1 is 1.03 bits per heavy atom. The lowest BCUT2D eigenvalue weighted by molar-refractivity contribution is 0.208. The number of aryl methyl sites for hydroxylation is 1. The molecule has 198 valence electrons. The van der Waals surface area contributed by atoms with Crippen LogP contribution in [0.3, 0.4) is 0 Å². The van der Waals surface area contributed by atoms with Crippen molar-refractivity contribution in [2.45, 2.75) is 32.4 Å². The second-order valence-electron chi connectivity index (χ2n) is 9.84. The third-order valence-electron chi connectivity index (χ3n) is 6.78. The highest BCUT2D eigenvalue weighted by atomic mass is 16.4. The van der Waals surface area contributed by atoms with Crippen LogP contribution in [0.1, 0.15) is 24.0 Å². The predicted molar refractivity (Wildman–Crippen MR) is 153 cm³/mol. The average Bonchev–Trinajstić information content (AvgIpc) is 3.32. The SMILES string of the molecule is Cc1cnc(Nc2ccc(N[C@H]3CCCN(Cc4ccccc4)C3)nc2)nc1Nc1ccc2oc(=O)[nH]c2c1. The topological polar surface area (TPSA) is 124 Å². The fraction of sp³-hybridized carbons (Fsp3) is 0.241. The first-order valence-corrected chi connectivity index (χ1v) is 13.1. The second kappa shape index (κ2) is 11.0. The number of aromatic nitrogens is 4. The second-order valence-corrected chi connectivity index (χ2v) is 9.84. The van der Waals surface area contributed by atoms with Gasteiger partial charge in [-0.2, -0.15) is 4.98 Å². The molecule has 1 aliphatic rings. The zero-order valence-corrected chi connectivity index (χ0v) is 21.6. The van der Waals surface area contributed by atoms with E-state index in [1.54, 1.807) is 24.5 Å². The molecule has 5 aromatic rings. The number of oxazole rings is 1. The van der Waals surface area contributed by atoms with Gasteiger partial charge in [-0.05, 0) is 62.2 Å². The summed E-state index contributed by atoms with van der Waals surface area (Å²) >= 11 is 0. The first kappa shape index (κ1) is 24.6. The van der Waals surface area contributed by atoms with E-state index in [-0.39, 0.29) is 0 Å². The Balaban J connectivity index is 1.07. The van der Waals surface area contributed by atoms with Gasteiger partial charge in [-0.3, -0.25) is 9.88 Å². The average molecular weight is 523 g/mol. The number of hydrogen-bond donors (Lipinski definition) is 4. The Hall–Kier alpha value is -4.70. The molecule has 6 rings (SSSR count). The molecule has 0 spiro atoms.